The Bertz CT molecular complexity index is 1300. The van der Waals surface area contributed by atoms with E-state index in [0.717, 1.165) is 4.90 Å². The first-order chi connectivity index (χ1) is 15.6. The second kappa shape index (κ2) is 9.65. The molecule has 2 aromatic carbocycles. The van der Waals surface area contributed by atoms with Gasteiger partial charge in [-0.3, -0.25) is 19.6 Å². The molecule has 1 N–H and O–H groups in total. The van der Waals surface area contributed by atoms with Gasteiger partial charge in [-0.15, -0.1) is 11.8 Å². The van der Waals surface area contributed by atoms with Gasteiger partial charge >= 0.3 is 5.97 Å². The number of carbonyl (C=O) groups is 1. The summed E-state index contributed by atoms with van der Waals surface area (Å²) in [6, 6.07) is 16.3. The zero-order chi connectivity index (χ0) is 22.5. The molecule has 2 heterocycles. The molecule has 0 saturated heterocycles. The summed E-state index contributed by atoms with van der Waals surface area (Å²) in [5.74, 6) is -1.05. The number of benzene rings is 2. The highest BCUT2D eigenvalue weighted by atomic mass is 32.2. The number of methoxy groups -OCH3 is 1. The zero-order valence-electron chi connectivity index (χ0n) is 17.2. The van der Waals surface area contributed by atoms with Crippen molar-refractivity contribution in [1.29, 1.82) is 0 Å². The molecule has 1 atom stereocenters. The Morgan fingerprint density at radius 1 is 1.12 bits per heavy atom. The Labute approximate surface area is 188 Å². The lowest BCUT2D eigenvalue weighted by Gasteiger charge is -2.18. The monoisotopic (exact) mass is 448 g/mol. The minimum Gasteiger partial charge on any atom is -0.502 e. The lowest BCUT2D eigenvalue weighted by Crippen LogP contribution is -2.14. The first-order valence-electron chi connectivity index (χ1n) is 9.87. The predicted molar refractivity (Wildman–Crippen MR) is 121 cm³/mol. The smallest absolute Gasteiger partial charge is 0.306 e. The van der Waals surface area contributed by atoms with Gasteiger partial charge in [-0.25, -0.2) is 0 Å². The van der Waals surface area contributed by atoms with Crippen LogP contribution < -0.4 is 5.43 Å². The molecule has 2 aromatic heterocycles. The average Bonchev–Trinajstić information content (AvgIpc) is 2.83. The first-order valence-corrected chi connectivity index (χ1v) is 10.9. The van der Waals surface area contributed by atoms with E-state index in [4.69, 9.17) is 9.15 Å². The molecule has 0 radical (unpaired) electrons. The summed E-state index contributed by atoms with van der Waals surface area (Å²) in [5, 5.41) is 10.6. The van der Waals surface area contributed by atoms with E-state index in [0.29, 0.717) is 28.1 Å². The van der Waals surface area contributed by atoms with Gasteiger partial charge in [-0.1, -0.05) is 30.3 Å². The van der Waals surface area contributed by atoms with E-state index in [2.05, 4.69) is 9.97 Å². The summed E-state index contributed by atoms with van der Waals surface area (Å²) in [7, 11) is 1.28. The molecule has 0 bridgehead atoms. The average molecular weight is 449 g/mol. The molecule has 0 unspecified atom stereocenters. The predicted octanol–water partition coefficient (Wildman–Crippen LogP) is 4.28. The third-order valence-electron chi connectivity index (χ3n) is 4.94. The highest BCUT2D eigenvalue weighted by Gasteiger charge is 2.28. The van der Waals surface area contributed by atoms with Gasteiger partial charge in [0, 0.05) is 23.4 Å². The third-order valence-corrected chi connectivity index (χ3v) is 5.98. The number of thioether (sulfide) groups is 1. The molecule has 4 rings (SSSR count). The van der Waals surface area contributed by atoms with Gasteiger partial charge in [0.25, 0.3) is 0 Å². The van der Waals surface area contributed by atoms with Crippen LogP contribution in [0.5, 0.6) is 5.75 Å². The molecule has 0 saturated carbocycles. The number of carbonyl (C=O) groups excluding carboxylic acids is 1. The molecule has 8 heteroatoms. The van der Waals surface area contributed by atoms with Crippen molar-refractivity contribution in [3.05, 3.63) is 94.3 Å². The van der Waals surface area contributed by atoms with Crippen LogP contribution in [-0.4, -0.2) is 28.2 Å². The van der Waals surface area contributed by atoms with E-state index in [1.807, 2.05) is 30.3 Å². The molecular formula is C24H20N2O5S. The van der Waals surface area contributed by atoms with Crippen molar-refractivity contribution in [2.75, 3.05) is 7.11 Å². The molecule has 0 aliphatic rings. The fourth-order valence-corrected chi connectivity index (χ4v) is 4.22. The fraction of sp³-hybridized carbons (Fsp3) is 0.167. The molecule has 0 aliphatic heterocycles. The maximum atomic E-state index is 12.6. The number of esters is 1. The lowest BCUT2D eigenvalue weighted by atomic mass is 9.91. The topological polar surface area (TPSA) is 103 Å². The standard InChI is InChI=1S/C24H20N2O5S/c1-30-21(28)13-18(17-8-5-9-19-22(17)26-11-10-25-19)24-23(29)20(27)12-15(31-24)14-32-16-6-3-2-4-7-16/h2-12,18,29H,13-14H2,1H3/t18-/m1/s1. The number of rotatable bonds is 7. The second-order valence-corrected chi connectivity index (χ2v) is 8.04. The van der Waals surface area contributed by atoms with E-state index in [1.165, 1.54) is 24.9 Å². The number of hydrogen-bond acceptors (Lipinski definition) is 8. The Balaban J connectivity index is 1.79. The van der Waals surface area contributed by atoms with Gasteiger partial charge in [-0.05, 0) is 23.8 Å². The third kappa shape index (κ3) is 4.65. The van der Waals surface area contributed by atoms with Crippen molar-refractivity contribution >= 4 is 28.8 Å². The highest BCUT2D eigenvalue weighted by Crippen LogP contribution is 2.36. The van der Waals surface area contributed by atoms with Crippen LogP contribution in [0.15, 0.2) is 81.1 Å². The number of hydrogen-bond donors (Lipinski definition) is 1. The van der Waals surface area contributed by atoms with E-state index >= 15 is 0 Å². The van der Waals surface area contributed by atoms with Crippen LogP contribution in [0, 0.1) is 0 Å². The summed E-state index contributed by atoms with van der Waals surface area (Å²) in [6.07, 6.45) is 2.97. The molecule has 32 heavy (non-hydrogen) atoms. The van der Waals surface area contributed by atoms with Gasteiger partial charge in [0.2, 0.25) is 11.2 Å². The normalized spacial score (nSPS) is 11.9. The summed E-state index contributed by atoms with van der Waals surface area (Å²) in [4.78, 5) is 34.5. The molecule has 162 valence electrons. The summed E-state index contributed by atoms with van der Waals surface area (Å²) in [6.45, 7) is 0. The molecule has 0 aliphatic carbocycles. The maximum Gasteiger partial charge on any atom is 0.306 e. The second-order valence-electron chi connectivity index (χ2n) is 7.00. The van der Waals surface area contributed by atoms with Gasteiger partial charge in [0.15, 0.2) is 5.76 Å². The molecule has 0 spiro atoms. The number of nitrogens with zero attached hydrogens (tertiary/aromatic N) is 2. The van der Waals surface area contributed by atoms with E-state index < -0.39 is 23.1 Å². The van der Waals surface area contributed by atoms with Crippen LogP contribution in [0.1, 0.15) is 29.4 Å². The molecular weight excluding hydrogens is 428 g/mol. The number of aromatic hydroxyl groups is 1. The van der Waals surface area contributed by atoms with Gasteiger partial charge < -0.3 is 14.3 Å². The van der Waals surface area contributed by atoms with Crippen LogP contribution >= 0.6 is 11.8 Å². The summed E-state index contributed by atoms with van der Waals surface area (Å²) >= 11 is 1.50. The van der Waals surface area contributed by atoms with E-state index in [9.17, 15) is 14.7 Å². The van der Waals surface area contributed by atoms with Crippen LogP contribution in [-0.2, 0) is 15.3 Å². The summed E-state index contributed by atoms with van der Waals surface area (Å²) < 4.78 is 10.9. The molecule has 4 aromatic rings. The van der Waals surface area contributed by atoms with Crippen LogP contribution in [0.25, 0.3) is 11.0 Å². The van der Waals surface area contributed by atoms with Crippen LogP contribution in [0.2, 0.25) is 0 Å². The number of fused-ring (bicyclic) bond motifs is 1. The highest BCUT2D eigenvalue weighted by molar-refractivity contribution is 7.98. The first kappa shape index (κ1) is 21.6. The maximum absolute atomic E-state index is 12.6. The van der Waals surface area contributed by atoms with Crippen molar-refractivity contribution in [3.63, 3.8) is 0 Å². The fourth-order valence-electron chi connectivity index (χ4n) is 3.42. The van der Waals surface area contributed by atoms with Gasteiger partial charge in [0.1, 0.15) is 5.76 Å². The van der Waals surface area contributed by atoms with Crippen molar-refractivity contribution < 1.29 is 19.1 Å². The molecule has 0 fully saturated rings. The Morgan fingerprint density at radius 2 is 1.91 bits per heavy atom. The van der Waals surface area contributed by atoms with Crippen molar-refractivity contribution in [3.8, 4) is 5.75 Å². The number of para-hydroxylation sites is 1. The van der Waals surface area contributed by atoms with Crippen molar-refractivity contribution in [2.45, 2.75) is 23.0 Å². The van der Waals surface area contributed by atoms with E-state index in [-0.39, 0.29) is 12.2 Å². The molecule has 0 amide bonds. The van der Waals surface area contributed by atoms with Crippen LogP contribution in [0.3, 0.4) is 0 Å². The Morgan fingerprint density at radius 3 is 2.69 bits per heavy atom. The lowest BCUT2D eigenvalue weighted by molar-refractivity contribution is -0.140. The SMILES string of the molecule is COC(=O)C[C@@H](c1oc(CSc2ccccc2)cc(=O)c1O)c1cccc2nccnc12. The van der Waals surface area contributed by atoms with Crippen molar-refractivity contribution in [2.24, 2.45) is 0 Å². The minimum absolute atomic E-state index is 0.00437. The quantitative estimate of drug-likeness (QED) is 0.330. The largest absolute Gasteiger partial charge is 0.502 e. The Hall–Kier alpha value is -3.65. The van der Waals surface area contributed by atoms with E-state index in [1.54, 1.807) is 30.6 Å². The van der Waals surface area contributed by atoms with Gasteiger partial charge in [0.05, 0.1) is 36.2 Å². The number of aromatic nitrogens is 2. The number of ether oxygens (including phenoxy) is 1. The van der Waals surface area contributed by atoms with Gasteiger partial charge in [-0.2, -0.15) is 0 Å². The van der Waals surface area contributed by atoms with Crippen LogP contribution in [0.4, 0.5) is 0 Å². The molecule has 7 nitrogen and oxygen atoms in total. The minimum atomic E-state index is -0.780. The van der Waals surface area contributed by atoms with Crippen molar-refractivity contribution in [1.82, 2.24) is 9.97 Å². The Kier molecular flexibility index (Phi) is 6.51. The summed E-state index contributed by atoms with van der Waals surface area (Å²) in [5.41, 5.74) is 1.20. The zero-order valence-corrected chi connectivity index (χ0v) is 18.0.